The number of carbonyl (C=O) groups excluding carboxylic acids is 1. The summed E-state index contributed by atoms with van der Waals surface area (Å²) in [5.74, 6) is 0.0993. The molecule has 2 N–H and O–H groups in total. The summed E-state index contributed by atoms with van der Waals surface area (Å²) in [6.07, 6.45) is 14.6. The van der Waals surface area contributed by atoms with E-state index in [0.717, 1.165) is 37.5 Å². The first-order chi connectivity index (χ1) is 19.4. The van der Waals surface area contributed by atoms with E-state index in [1.807, 2.05) is 11.0 Å². The molecule has 0 aromatic heterocycles. The fourth-order valence-electron chi connectivity index (χ4n) is 8.87. The van der Waals surface area contributed by atoms with Crippen LogP contribution in [0.1, 0.15) is 83.5 Å². The Morgan fingerprint density at radius 3 is 2.23 bits per heavy atom. The van der Waals surface area contributed by atoms with Crippen LogP contribution in [0.4, 0.5) is 10.5 Å². The van der Waals surface area contributed by atoms with Crippen LogP contribution >= 0.6 is 0 Å². The molecule has 3 saturated heterocycles. The topological polar surface area (TPSA) is 111 Å². The molecular formula is C31H43N3O6. The predicted molar refractivity (Wildman–Crippen MR) is 150 cm³/mol. The van der Waals surface area contributed by atoms with E-state index in [-0.39, 0.29) is 12.1 Å². The van der Waals surface area contributed by atoms with Crippen LogP contribution in [0.25, 0.3) is 0 Å². The average molecular weight is 554 g/mol. The molecular weight excluding hydrogens is 510 g/mol. The Morgan fingerprint density at radius 2 is 1.55 bits per heavy atom. The Bertz CT molecular complexity index is 1090. The van der Waals surface area contributed by atoms with Gasteiger partial charge >= 0.3 is 18.0 Å². The first kappa shape index (κ1) is 27.4. The lowest BCUT2D eigenvalue weighted by molar-refractivity contribution is -0.141. The van der Waals surface area contributed by atoms with E-state index in [0.29, 0.717) is 48.9 Å². The number of carboxylic acids is 2. The van der Waals surface area contributed by atoms with Crippen LogP contribution in [-0.2, 0) is 9.59 Å². The molecule has 1 aromatic carbocycles. The molecule has 9 heteroatoms. The molecule has 3 aliphatic heterocycles. The van der Waals surface area contributed by atoms with Gasteiger partial charge in [-0.1, -0.05) is 31.7 Å². The fourth-order valence-corrected chi connectivity index (χ4v) is 8.87. The van der Waals surface area contributed by atoms with E-state index < -0.39 is 24.6 Å². The van der Waals surface area contributed by atoms with Crippen LogP contribution in [0.2, 0.25) is 0 Å². The molecule has 3 heterocycles. The van der Waals surface area contributed by atoms with Crippen molar-refractivity contribution < 1.29 is 29.3 Å². The number of benzene rings is 1. The maximum absolute atomic E-state index is 14.2. The number of fused-ring (bicyclic) bond motifs is 4. The highest BCUT2D eigenvalue weighted by molar-refractivity contribution is 5.95. The summed E-state index contributed by atoms with van der Waals surface area (Å²) < 4.78 is 5.46. The molecule has 6 rings (SSSR count). The minimum absolute atomic E-state index is 0.0492. The predicted octanol–water partition coefficient (Wildman–Crippen LogP) is 4.98. The number of rotatable bonds is 7. The van der Waals surface area contributed by atoms with Crippen molar-refractivity contribution in [2.75, 3.05) is 18.1 Å². The Hall–Kier alpha value is -2.81. The first-order valence-electron chi connectivity index (χ1n) is 15.4. The number of piperidine rings is 2. The molecule has 0 radical (unpaired) electrons. The van der Waals surface area contributed by atoms with Gasteiger partial charge in [0, 0.05) is 42.5 Å². The van der Waals surface area contributed by atoms with E-state index in [1.54, 1.807) is 18.2 Å². The van der Waals surface area contributed by atoms with Gasteiger partial charge in [0.25, 0.3) is 0 Å². The summed E-state index contributed by atoms with van der Waals surface area (Å²) >= 11 is 0. The highest BCUT2D eigenvalue weighted by Gasteiger charge is 2.48. The summed E-state index contributed by atoms with van der Waals surface area (Å²) in [6, 6.07) is 7.45. The monoisotopic (exact) mass is 553 g/mol. The molecule has 40 heavy (non-hydrogen) atoms. The summed E-state index contributed by atoms with van der Waals surface area (Å²) in [6.45, 7) is -0.0332. The van der Waals surface area contributed by atoms with E-state index in [1.165, 1.54) is 49.8 Å². The third-order valence-electron chi connectivity index (χ3n) is 10.3. The third kappa shape index (κ3) is 5.54. The quantitative estimate of drug-likeness (QED) is 0.490. The number of carboxylic acid groups (broad SMARTS) is 2. The minimum atomic E-state index is -1.06. The van der Waals surface area contributed by atoms with Crippen LogP contribution in [0.5, 0.6) is 5.75 Å². The van der Waals surface area contributed by atoms with Gasteiger partial charge in [0.15, 0.2) is 6.61 Å². The Kier molecular flexibility index (Phi) is 7.93. The second-order valence-corrected chi connectivity index (χ2v) is 12.9. The number of ether oxygens (including phenoxy) is 1. The highest BCUT2D eigenvalue weighted by atomic mass is 16.5. The van der Waals surface area contributed by atoms with Gasteiger partial charge in [-0.25, -0.2) is 14.4 Å². The summed E-state index contributed by atoms with van der Waals surface area (Å²) in [5, 5.41) is 18.9. The summed E-state index contributed by atoms with van der Waals surface area (Å²) in [7, 11) is 0. The van der Waals surface area contributed by atoms with Gasteiger partial charge in [-0.15, -0.1) is 0 Å². The van der Waals surface area contributed by atoms with E-state index in [9.17, 15) is 19.5 Å². The molecule has 9 nitrogen and oxygen atoms in total. The Morgan fingerprint density at radius 1 is 0.850 bits per heavy atom. The maximum atomic E-state index is 14.2. The van der Waals surface area contributed by atoms with E-state index >= 15 is 0 Å². The molecule has 0 spiro atoms. The molecule has 4 bridgehead atoms. The number of carbonyl (C=O) groups is 3. The van der Waals surface area contributed by atoms with Gasteiger partial charge in [0.1, 0.15) is 11.8 Å². The highest BCUT2D eigenvalue weighted by Crippen LogP contribution is 2.47. The normalized spacial score (nSPS) is 33.8. The van der Waals surface area contributed by atoms with Crippen molar-refractivity contribution in [1.82, 2.24) is 9.80 Å². The SMILES string of the molecule is O=C(O)COc1cccc(N(C(=O)N2CCCC2C(=O)O)C2CC3CCCC(C2)N3C2CC3CCCC(C3)C2)c1. The Labute approximate surface area is 236 Å². The average Bonchev–Trinajstić information content (AvgIpc) is 3.42. The van der Waals surface area contributed by atoms with Crippen molar-refractivity contribution in [3.05, 3.63) is 24.3 Å². The van der Waals surface area contributed by atoms with Gasteiger partial charge in [0.05, 0.1) is 0 Å². The standard InChI is InChI=1S/C31H43N3O6/c35-29(36)19-40-27-10-3-9-24(18-27)34(31(39)32-12-4-11-28(32)30(37)38)26-16-22-7-2-8-23(17-26)33(22)25-14-20-5-1-6-21(13-20)15-25/h3,9-10,18,20-23,25-26,28H,1-2,4-8,11-17,19H2,(H,35,36)(H,37,38). The van der Waals surface area contributed by atoms with Crippen LogP contribution < -0.4 is 9.64 Å². The molecule has 2 aliphatic carbocycles. The first-order valence-corrected chi connectivity index (χ1v) is 15.4. The number of anilines is 1. The van der Waals surface area contributed by atoms with Gasteiger partial charge in [0.2, 0.25) is 0 Å². The van der Waals surface area contributed by atoms with Gasteiger partial charge in [-0.05, 0) is 81.8 Å². The van der Waals surface area contributed by atoms with Crippen molar-refractivity contribution in [3.63, 3.8) is 0 Å². The van der Waals surface area contributed by atoms with Crippen LogP contribution in [0, 0.1) is 11.8 Å². The molecule has 218 valence electrons. The number of likely N-dealkylation sites (tertiary alicyclic amines) is 1. The number of hydrogen-bond acceptors (Lipinski definition) is 5. The van der Waals surface area contributed by atoms with Crippen molar-refractivity contribution in [1.29, 1.82) is 0 Å². The zero-order valence-corrected chi connectivity index (χ0v) is 23.3. The van der Waals surface area contributed by atoms with Crippen molar-refractivity contribution in [3.8, 4) is 5.75 Å². The van der Waals surface area contributed by atoms with Gasteiger partial charge < -0.3 is 19.8 Å². The molecule has 2 amide bonds. The van der Waals surface area contributed by atoms with Crippen LogP contribution in [-0.4, -0.2) is 81.3 Å². The molecule has 5 unspecified atom stereocenters. The number of urea groups is 1. The maximum Gasteiger partial charge on any atom is 0.341 e. The van der Waals surface area contributed by atoms with Crippen molar-refractivity contribution >= 4 is 23.7 Å². The zero-order valence-electron chi connectivity index (χ0n) is 23.3. The largest absolute Gasteiger partial charge is 0.482 e. The molecule has 1 aromatic rings. The lowest BCUT2D eigenvalue weighted by Gasteiger charge is -2.56. The molecule has 5 fully saturated rings. The summed E-state index contributed by atoms with van der Waals surface area (Å²) in [4.78, 5) is 43.5. The minimum Gasteiger partial charge on any atom is -0.482 e. The van der Waals surface area contributed by atoms with E-state index in [2.05, 4.69) is 4.90 Å². The number of aliphatic carboxylic acids is 2. The van der Waals surface area contributed by atoms with Crippen LogP contribution in [0.15, 0.2) is 24.3 Å². The summed E-state index contributed by atoms with van der Waals surface area (Å²) in [5.41, 5.74) is 0.646. The molecule has 5 atom stereocenters. The number of hydrogen-bond donors (Lipinski definition) is 2. The molecule has 5 aliphatic rings. The fraction of sp³-hybridized carbons (Fsp3) is 0.710. The number of nitrogens with zero attached hydrogens (tertiary/aromatic N) is 3. The Balaban J connectivity index is 1.28. The smallest absolute Gasteiger partial charge is 0.341 e. The number of amides is 2. The molecule has 2 saturated carbocycles. The van der Waals surface area contributed by atoms with Crippen molar-refractivity contribution in [2.45, 2.75) is 114 Å². The van der Waals surface area contributed by atoms with E-state index in [4.69, 9.17) is 9.84 Å². The van der Waals surface area contributed by atoms with Crippen LogP contribution in [0.3, 0.4) is 0 Å². The third-order valence-corrected chi connectivity index (χ3v) is 10.3. The lowest BCUT2D eigenvalue weighted by Crippen LogP contribution is -2.63. The van der Waals surface area contributed by atoms with Gasteiger partial charge in [-0.3, -0.25) is 9.80 Å². The second kappa shape index (κ2) is 11.6. The van der Waals surface area contributed by atoms with Crippen molar-refractivity contribution in [2.24, 2.45) is 11.8 Å². The van der Waals surface area contributed by atoms with Gasteiger partial charge in [-0.2, -0.15) is 0 Å². The second-order valence-electron chi connectivity index (χ2n) is 12.9. The zero-order chi connectivity index (χ0) is 27.8. The lowest BCUT2D eigenvalue weighted by atomic mass is 9.68.